The summed E-state index contributed by atoms with van der Waals surface area (Å²) in [4.78, 5) is 35.3. The Hall–Kier alpha value is -1.59. The van der Waals surface area contributed by atoms with Crippen molar-refractivity contribution in [1.29, 1.82) is 0 Å². The van der Waals surface area contributed by atoms with Crippen LogP contribution in [0.5, 0.6) is 0 Å². The average molecular weight is 260 g/mol. The Labute approximate surface area is 106 Å². The van der Waals surface area contributed by atoms with Gasteiger partial charge in [-0.25, -0.2) is 0 Å². The molecule has 0 saturated heterocycles. The van der Waals surface area contributed by atoms with Crippen LogP contribution in [0.2, 0.25) is 0 Å². The molecule has 0 rings (SSSR count). The van der Waals surface area contributed by atoms with Gasteiger partial charge in [0.1, 0.15) is 0 Å². The lowest BCUT2D eigenvalue weighted by atomic mass is 9.74. The van der Waals surface area contributed by atoms with E-state index < -0.39 is 29.2 Å². The summed E-state index contributed by atoms with van der Waals surface area (Å²) in [5.74, 6) is -4.38. The van der Waals surface area contributed by atoms with Gasteiger partial charge in [0.05, 0.1) is 13.2 Å². The van der Waals surface area contributed by atoms with Crippen LogP contribution in [0.1, 0.15) is 34.1 Å². The quantitative estimate of drug-likeness (QED) is 0.547. The van der Waals surface area contributed by atoms with Gasteiger partial charge in [-0.2, -0.15) is 0 Å². The summed E-state index contributed by atoms with van der Waals surface area (Å²) in [7, 11) is 0. The van der Waals surface area contributed by atoms with E-state index in [1.807, 2.05) is 0 Å². The first-order valence-corrected chi connectivity index (χ1v) is 5.97. The SMILES string of the molecule is CCOC(=O)C(C(=O)O)(C(=O)OCC)C(C)CC. The Morgan fingerprint density at radius 3 is 1.67 bits per heavy atom. The second kappa shape index (κ2) is 6.98. The van der Waals surface area contributed by atoms with Crippen molar-refractivity contribution in [3.05, 3.63) is 0 Å². The number of carboxylic acids is 1. The Kier molecular flexibility index (Phi) is 6.36. The van der Waals surface area contributed by atoms with E-state index in [2.05, 4.69) is 0 Å². The minimum atomic E-state index is -2.28. The summed E-state index contributed by atoms with van der Waals surface area (Å²) < 4.78 is 9.48. The summed E-state index contributed by atoms with van der Waals surface area (Å²) in [6.45, 7) is 6.31. The second-order valence-corrected chi connectivity index (χ2v) is 3.86. The van der Waals surface area contributed by atoms with Gasteiger partial charge in [0.15, 0.2) is 0 Å². The smallest absolute Gasteiger partial charge is 0.335 e. The highest BCUT2D eigenvalue weighted by molar-refractivity contribution is 6.17. The van der Waals surface area contributed by atoms with Crippen molar-refractivity contribution in [3.63, 3.8) is 0 Å². The van der Waals surface area contributed by atoms with Crippen LogP contribution in [-0.2, 0) is 23.9 Å². The number of carboxylic acid groups (broad SMARTS) is 1. The van der Waals surface area contributed by atoms with Crippen LogP contribution >= 0.6 is 0 Å². The van der Waals surface area contributed by atoms with E-state index in [0.717, 1.165) is 0 Å². The van der Waals surface area contributed by atoms with E-state index in [4.69, 9.17) is 9.47 Å². The van der Waals surface area contributed by atoms with Crippen molar-refractivity contribution in [3.8, 4) is 0 Å². The van der Waals surface area contributed by atoms with Gasteiger partial charge in [0.25, 0.3) is 5.41 Å². The van der Waals surface area contributed by atoms with Gasteiger partial charge in [0, 0.05) is 0 Å². The molecule has 0 amide bonds. The van der Waals surface area contributed by atoms with Crippen LogP contribution in [0.25, 0.3) is 0 Å². The van der Waals surface area contributed by atoms with E-state index in [0.29, 0.717) is 6.42 Å². The number of ether oxygens (including phenoxy) is 2. The molecule has 0 saturated carbocycles. The number of rotatable bonds is 7. The predicted molar refractivity (Wildman–Crippen MR) is 62.8 cm³/mol. The molecule has 6 heteroatoms. The number of esters is 2. The molecule has 1 unspecified atom stereocenters. The first-order chi connectivity index (χ1) is 8.39. The maximum atomic E-state index is 11.9. The monoisotopic (exact) mass is 260 g/mol. The van der Waals surface area contributed by atoms with Gasteiger partial charge in [0.2, 0.25) is 0 Å². The zero-order valence-corrected chi connectivity index (χ0v) is 11.2. The Bertz CT molecular complexity index is 305. The van der Waals surface area contributed by atoms with E-state index in [-0.39, 0.29) is 13.2 Å². The first kappa shape index (κ1) is 16.4. The van der Waals surface area contributed by atoms with Gasteiger partial charge < -0.3 is 14.6 Å². The van der Waals surface area contributed by atoms with Crippen LogP contribution in [0.15, 0.2) is 0 Å². The van der Waals surface area contributed by atoms with Gasteiger partial charge >= 0.3 is 17.9 Å². The summed E-state index contributed by atoms with van der Waals surface area (Å²) in [6.07, 6.45) is 0.337. The largest absolute Gasteiger partial charge is 0.480 e. The maximum absolute atomic E-state index is 11.9. The lowest BCUT2D eigenvalue weighted by molar-refractivity contribution is -0.185. The first-order valence-electron chi connectivity index (χ1n) is 5.97. The molecule has 0 radical (unpaired) electrons. The summed E-state index contributed by atoms with van der Waals surface area (Å²) in [5, 5.41) is 9.32. The molecule has 0 aromatic heterocycles. The van der Waals surface area contributed by atoms with Gasteiger partial charge in [-0.1, -0.05) is 20.3 Å². The zero-order chi connectivity index (χ0) is 14.3. The number of carbonyl (C=O) groups excluding carboxylic acids is 2. The minimum absolute atomic E-state index is 0.00367. The molecule has 0 fully saturated rings. The molecule has 0 aliphatic heterocycles. The molecular weight excluding hydrogens is 240 g/mol. The van der Waals surface area contributed by atoms with E-state index >= 15 is 0 Å². The Morgan fingerprint density at radius 1 is 1.06 bits per heavy atom. The third kappa shape index (κ3) is 2.80. The van der Waals surface area contributed by atoms with E-state index in [9.17, 15) is 19.5 Å². The molecule has 6 nitrogen and oxygen atoms in total. The summed E-state index contributed by atoms with van der Waals surface area (Å²) in [5.41, 5.74) is -2.28. The highest BCUT2D eigenvalue weighted by atomic mass is 16.6. The molecule has 0 spiro atoms. The molecular formula is C12H20O6. The molecule has 104 valence electrons. The number of aliphatic carboxylic acids is 1. The normalized spacial score (nSPS) is 12.7. The number of hydrogen-bond donors (Lipinski definition) is 1. The van der Waals surface area contributed by atoms with Crippen LogP contribution < -0.4 is 0 Å². The topological polar surface area (TPSA) is 89.9 Å². The van der Waals surface area contributed by atoms with Crippen molar-refractivity contribution >= 4 is 17.9 Å². The highest BCUT2D eigenvalue weighted by Crippen LogP contribution is 2.34. The van der Waals surface area contributed by atoms with Crippen LogP contribution in [-0.4, -0.2) is 36.2 Å². The number of carbonyl (C=O) groups is 3. The van der Waals surface area contributed by atoms with Gasteiger partial charge in [-0.15, -0.1) is 0 Å². The predicted octanol–water partition coefficient (Wildman–Crippen LogP) is 1.23. The second-order valence-electron chi connectivity index (χ2n) is 3.86. The standard InChI is InChI=1S/C12H20O6/c1-5-8(4)12(9(13)14,10(15)17-6-2)11(16)18-7-3/h8H,5-7H2,1-4H3,(H,13,14). The van der Waals surface area contributed by atoms with Crippen LogP contribution in [0.3, 0.4) is 0 Å². The molecule has 0 aromatic rings. The van der Waals surface area contributed by atoms with Crippen molar-refractivity contribution in [2.45, 2.75) is 34.1 Å². The molecule has 18 heavy (non-hydrogen) atoms. The molecule has 1 atom stereocenters. The molecule has 1 N–H and O–H groups in total. The minimum Gasteiger partial charge on any atom is -0.480 e. The third-order valence-corrected chi connectivity index (χ3v) is 2.88. The highest BCUT2D eigenvalue weighted by Gasteiger charge is 2.59. The van der Waals surface area contributed by atoms with Gasteiger partial charge in [-0.05, 0) is 19.8 Å². The van der Waals surface area contributed by atoms with Crippen molar-refractivity contribution < 1.29 is 29.0 Å². The fourth-order valence-electron chi connectivity index (χ4n) is 1.67. The average Bonchev–Trinajstić information content (AvgIpc) is 2.29. The number of hydrogen-bond acceptors (Lipinski definition) is 5. The molecule has 0 heterocycles. The Balaban J connectivity index is 5.64. The van der Waals surface area contributed by atoms with E-state index in [1.54, 1.807) is 20.8 Å². The van der Waals surface area contributed by atoms with Crippen molar-refractivity contribution in [2.24, 2.45) is 11.3 Å². The lowest BCUT2D eigenvalue weighted by Crippen LogP contribution is -2.52. The summed E-state index contributed by atoms with van der Waals surface area (Å²) >= 11 is 0. The molecule has 0 aliphatic rings. The van der Waals surface area contributed by atoms with Crippen LogP contribution in [0.4, 0.5) is 0 Å². The zero-order valence-electron chi connectivity index (χ0n) is 11.2. The van der Waals surface area contributed by atoms with Crippen molar-refractivity contribution in [2.75, 3.05) is 13.2 Å². The van der Waals surface area contributed by atoms with E-state index in [1.165, 1.54) is 6.92 Å². The lowest BCUT2D eigenvalue weighted by Gasteiger charge is -2.29. The third-order valence-electron chi connectivity index (χ3n) is 2.88. The summed E-state index contributed by atoms with van der Waals surface area (Å²) in [6, 6.07) is 0. The van der Waals surface area contributed by atoms with Gasteiger partial charge in [-0.3, -0.25) is 14.4 Å². The van der Waals surface area contributed by atoms with Crippen LogP contribution in [0, 0.1) is 11.3 Å². The van der Waals surface area contributed by atoms with Crippen molar-refractivity contribution in [1.82, 2.24) is 0 Å². The fourth-order valence-corrected chi connectivity index (χ4v) is 1.67. The fraction of sp³-hybridized carbons (Fsp3) is 0.750. The Morgan fingerprint density at radius 2 is 1.44 bits per heavy atom. The molecule has 0 bridgehead atoms. The molecule has 0 aromatic carbocycles. The molecule has 0 aliphatic carbocycles. The maximum Gasteiger partial charge on any atom is 0.335 e.